The maximum Gasteiger partial charge on any atom is 0.265 e. The number of carbonyl (C=O) groups is 1. The molecule has 35 heavy (non-hydrogen) atoms. The summed E-state index contributed by atoms with van der Waals surface area (Å²) in [5.41, 5.74) is 2.71. The van der Waals surface area contributed by atoms with Crippen LogP contribution in [0.4, 0.5) is 0 Å². The average molecular weight is 470 g/mol. The van der Waals surface area contributed by atoms with E-state index in [1.807, 2.05) is 18.2 Å². The van der Waals surface area contributed by atoms with E-state index in [1.54, 1.807) is 29.0 Å². The van der Waals surface area contributed by atoms with Crippen LogP contribution in [0.5, 0.6) is 0 Å². The molecule has 8 nitrogen and oxygen atoms in total. The summed E-state index contributed by atoms with van der Waals surface area (Å²) in [7, 11) is 0. The number of nitrogens with one attached hydrogen (secondary N) is 1. The third-order valence-corrected chi connectivity index (χ3v) is 7.68. The minimum atomic E-state index is -0.298. The van der Waals surface area contributed by atoms with Gasteiger partial charge in [0.1, 0.15) is 11.2 Å². The van der Waals surface area contributed by atoms with Crippen LogP contribution in [0, 0.1) is 17.2 Å². The molecule has 0 atom stereocenters. The minimum absolute atomic E-state index is 0.107. The fraction of sp³-hybridized carbons (Fsp3) is 0.407. The summed E-state index contributed by atoms with van der Waals surface area (Å²) in [6.07, 6.45) is 4.79. The van der Waals surface area contributed by atoms with Crippen molar-refractivity contribution in [3.05, 3.63) is 64.1 Å². The van der Waals surface area contributed by atoms with E-state index in [1.165, 1.54) is 0 Å². The van der Waals surface area contributed by atoms with Crippen molar-refractivity contribution in [1.29, 1.82) is 5.26 Å². The van der Waals surface area contributed by atoms with Crippen LogP contribution in [-0.2, 0) is 11.3 Å². The molecule has 2 bridgehead atoms. The molecule has 7 rings (SSSR count). The Bertz CT molecular complexity index is 1380. The van der Waals surface area contributed by atoms with Crippen LogP contribution in [0.3, 0.4) is 0 Å². The summed E-state index contributed by atoms with van der Waals surface area (Å²) in [6.45, 7) is 4.17. The van der Waals surface area contributed by atoms with Crippen LogP contribution in [-0.4, -0.2) is 58.7 Å². The van der Waals surface area contributed by atoms with Crippen molar-refractivity contribution in [2.75, 3.05) is 32.8 Å². The molecule has 0 radical (unpaired) electrons. The Balaban J connectivity index is 1.38. The van der Waals surface area contributed by atoms with Gasteiger partial charge in [0.05, 0.1) is 24.8 Å². The number of fused-ring (bicyclic) bond motifs is 1. The molecule has 3 heterocycles. The van der Waals surface area contributed by atoms with Gasteiger partial charge in [0.25, 0.3) is 11.5 Å². The number of ether oxygens (including phenoxy) is 1. The van der Waals surface area contributed by atoms with Crippen LogP contribution in [0.2, 0.25) is 0 Å². The fourth-order valence-corrected chi connectivity index (χ4v) is 5.54. The van der Waals surface area contributed by atoms with Crippen LogP contribution in [0.1, 0.15) is 35.2 Å². The molecule has 1 N–H and O–H groups in total. The maximum atomic E-state index is 13.5. The van der Waals surface area contributed by atoms with Gasteiger partial charge in [-0.05, 0) is 55.0 Å². The van der Waals surface area contributed by atoms with Crippen LogP contribution in [0.25, 0.3) is 22.2 Å². The van der Waals surface area contributed by atoms with Gasteiger partial charge in [-0.2, -0.15) is 5.26 Å². The summed E-state index contributed by atoms with van der Waals surface area (Å²) >= 11 is 0. The lowest BCUT2D eigenvalue weighted by molar-refractivity contribution is -0.0439. The molecule has 3 saturated carbocycles. The number of rotatable bonds is 6. The summed E-state index contributed by atoms with van der Waals surface area (Å²) in [4.78, 5) is 33.7. The third-order valence-electron chi connectivity index (χ3n) is 7.68. The molecule has 3 aromatic rings. The molecule has 4 aliphatic rings. The highest BCUT2D eigenvalue weighted by Gasteiger charge is 2.57. The largest absolute Gasteiger partial charge is 0.379 e. The maximum absolute atomic E-state index is 13.5. The van der Waals surface area contributed by atoms with Gasteiger partial charge >= 0.3 is 0 Å². The van der Waals surface area contributed by atoms with E-state index in [0.29, 0.717) is 37.5 Å². The van der Waals surface area contributed by atoms with Gasteiger partial charge in [-0.1, -0.05) is 12.1 Å². The van der Waals surface area contributed by atoms with Crippen LogP contribution >= 0.6 is 0 Å². The molecule has 4 fully saturated rings. The minimum Gasteiger partial charge on any atom is -0.379 e. The van der Waals surface area contributed by atoms with Gasteiger partial charge in [-0.3, -0.25) is 19.1 Å². The van der Waals surface area contributed by atoms with Gasteiger partial charge in [0.15, 0.2) is 0 Å². The second-order valence-corrected chi connectivity index (χ2v) is 10.0. The average Bonchev–Trinajstić information content (AvgIpc) is 2.85. The lowest BCUT2D eigenvalue weighted by Crippen LogP contribution is -2.68. The Labute approximate surface area is 203 Å². The molecule has 1 aliphatic heterocycles. The van der Waals surface area contributed by atoms with E-state index < -0.39 is 0 Å². The molecular weight excluding hydrogens is 442 g/mol. The van der Waals surface area contributed by atoms with Crippen molar-refractivity contribution in [3.8, 4) is 17.2 Å². The molecule has 2 aromatic heterocycles. The predicted octanol–water partition coefficient (Wildman–Crippen LogP) is 2.55. The van der Waals surface area contributed by atoms with Gasteiger partial charge in [-0.15, -0.1) is 0 Å². The zero-order valence-electron chi connectivity index (χ0n) is 19.5. The zero-order chi connectivity index (χ0) is 24.0. The summed E-state index contributed by atoms with van der Waals surface area (Å²) in [6, 6.07) is 13.1. The number of carbonyl (C=O) groups excluding carboxylic acids is 1. The Morgan fingerprint density at radius 2 is 1.86 bits per heavy atom. The first-order valence-electron chi connectivity index (χ1n) is 12.2. The molecule has 1 saturated heterocycles. The quantitative estimate of drug-likeness (QED) is 0.596. The van der Waals surface area contributed by atoms with E-state index in [4.69, 9.17) is 10.00 Å². The summed E-state index contributed by atoms with van der Waals surface area (Å²) in [5, 5.41) is 13.0. The highest BCUT2D eigenvalue weighted by atomic mass is 16.5. The van der Waals surface area contributed by atoms with Gasteiger partial charge in [-0.25, -0.2) is 4.98 Å². The monoisotopic (exact) mass is 469 g/mol. The Kier molecular flexibility index (Phi) is 5.39. The second-order valence-electron chi connectivity index (χ2n) is 10.0. The van der Waals surface area contributed by atoms with Crippen molar-refractivity contribution < 1.29 is 9.53 Å². The van der Waals surface area contributed by atoms with Gasteiger partial charge < -0.3 is 10.1 Å². The SMILES string of the molecule is N#Cc1ccc(-c2cnc3c(c2)cc(C(=O)NC24CC(C2)C4)c(=O)n3CCN2CCOCC2)cc1. The van der Waals surface area contributed by atoms with E-state index >= 15 is 0 Å². The predicted molar refractivity (Wildman–Crippen MR) is 131 cm³/mol. The van der Waals surface area contributed by atoms with Crippen molar-refractivity contribution in [2.45, 2.75) is 31.3 Å². The molecule has 1 aromatic carbocycles. The van der Waals surface area contributed by atoms with Crippen LogP contribution in [0.15, 0.2) is 47.4 Å². The molecule has 0 unspecified atom stereocenters. The highest BCUT2D eigenvalue weighted by Crippen LogP contribution is 2.56. The Morgan fingerprint density at radius 1 is 1.11 bits per heavy atom. The smallest absolute Gasteiger partial charge is 0.265 e. The normalized spacial score (nSPS) is 23.2. The number of nitrogens with zero attached hydrogens (tertiary/aromatic N) is 4. The molecule has 8 heteroatoms. The van der Waals surface area contributed by atoms with Gasteiger partial charge in [0.2, 0.25) is 0 Å². The van der Waals surface area contributed by atoms with E-state index in [9.17, 15) is 9.59 Å². The molecule has 1 amide bonds. The number of pyridine rings is 2. The molecule has 3 aliphatic carbocycles. The fourth-order valence-electron chi connectivity index (χ4n) is 5.54. The van der Waals surface area contributed by atoms with E-state index in [-0.39, 0.29) is 22.6 Å². The van der Waals surface area contributed by atoms with E-state index in [0.717, 1.165) is 54.8 Å². The van der Waals surface area contributed by atoms with Crippen molar-refractivity contribution in [3.63, 3.8) is 0 Å². The summed E-state index contributed by atoms with van der Waals surface area (Å²) < 4.78 is 7.08. The lowest BCUT2D eigenvalue weighted by atomic mass is 9.50. The van der Waals surface area contributed by atoms with Crippen molar-refractivity contribution in [2.24, 2.45) is 5.92 Å². The number of aromatic nitrogens is 2. The first-order chi connectivity index (χ1) is 17.0. The van der Waals surface area contributed by atoms with E-state index in [2.05, 4.69) is 21.3 Å². The number of morpholine rings is 1. The van der Waals surface area contributed by atoms with Crippen molar-refractivity contribution in [1.82, 2.24) is 19.8 Å². The number of hydrogen-bond acceptors (Lipinski definition) is 6. The standard InChI is InChI=1S/C27H27N5O3/c28-16-18-1-3-20(4-2-18)22-11-21-12-23(25(33)30-27-13-19(14-27)15-27)26(34)32(24(21)29-17-22)6-5-31-7-9-35-10-8-31/h1-4,11-12,17,19H,5-10,13-15H2,(H,30,33). The van der Waals surface area contributed by atoms with Crippen LogP contribution < -0.4 is 10.9 Å². The first kappa shape index (κ1) is 22.0. The third kappa shape index (κ3) is 4.01. The van der Waals surface area contributed by atoms with Crippen molar-refractivity contribution >= 4 is 16.9 Å². The number of amides is 1. The Morgan fingerprint density at radius 3 is 2.51 bits per heavy atom. The zero-order valence-corrected chi connectivity index (χ0v) is 19.5. The first-order valence-corrected chi connectivity index (χ1v) is 12.2. The Hall–Kier alpha value is -3.54. The summed E-state index contributed by atoms with van der Waals surface area (Å²) in [5.74, 6) is 0.440. The topological polar surface area (TPSA) is 100 Å². The second kappa shape index (κ2) is 8.59. The number of benzene rings is 1. The van der Waals surface area contributed by atoms with Gasteiger partial charge in [0, 0.05) is 48.9 Å². The highest BCUT2D eigenvalue weighted by molar-refractivity contribution is 5.98. The molecule has 0 spiro atoms. The molecular formula is C27H27N5O3. The lowest BCUT2D eigenvalue weighted by Gasteiger charge is -2.61. The number of hydrogen-bond donors (Lipinski definition) is 1. The number of nitriles is 1. The molecule has 178 valence electrons.